The molecule has 132 valence electrons. The molecule has 26 heavy (non-hydrogen) atoms. The summed E-state index contributed by atoms with van der Waals surface area (Å²) in [6.07, 6.45) is 5.31. The van der Waals surface area contributed by atoms with Gasteiger partial charge in [-0.2, -0.15) is 0 Å². The zero-order valence-corrected chi connectivity index (χ0v) is 14.4. The molecule has 3 aromatic rings. The van der Waals surface area contributed by atoms with Crippen molar-refractivity contribution in [2.45, 2.75) is 12.8 Å². The third kappa shape index (κ3) is 3.31. The van der Waals surface area contributed by atoms with Crippen LogP contribution in [0.25, 0.3) is 11.3 Å². The molecule has 1 atom stereocenters. The minimum atomic E-state index is 0.0132. The predicted molar refractivity (Wildman–Crippen MR) is 100 cm³/mol. The number of aromatic nitrogens is 3. The van der Waals surface area contributed by atoms with Gasteiger partial charge in [0.25, 0.3) is 5.91 Å². The SMILES string of the molecule is Nc1ccc(CC2CCN(C(=O)c3[nH]cnc3-c3ccccc3)C2)cn1. The minimum absolute atomic E-state index is 0.0132. The summed E-state index contributed by atoms with van der Waals surface area (Å²) in [5, 5.41) is 0. The van der Waals surface area contributed by atoms with E-state index in [2.05, 4.69) is 15.0 Å². The molecule has 1 aliphatic rings. The van der Waals surface area contributed by atoms with E-state index in [0.717, 1.165) is 37.1 Å². The zero-order valence-electron chi connectivity index (χ0n) is 14.4. The molecule has 1 unspecified atom stereocenters. The van der Waals surface area contributed by atoms with Gasteiger partial charge in [-0.15, -0.1) is 0 Å². The molecular weight excluding hydrogens is 326 g/mol. The number of carbonyl (C=O) groups is 1. The second kappa shape index (κ2) is 7.00. The van der Waals surface area contributed by atoms with Crippen LogP contribution in [0.5, 0.6) is 0 Å². The lowest BCUT2D eigenvalue weighted by molar-refractivity contribution is 0.0782. The fourth-order valence-corrected chi connectivity index (χ4v) is 3.50. The highest BCUT2D eigenvalue weighted by Crippen LogP contribution is 2.25. The first-order valence-electron chi connectivity index (χ1n) is 8.79. The van der Waals surface area contributed by atoms with Crippen molar-refractivity contribution in [3.05, 3.63) is 66.2 Å². The molecule has 0 bridgehead atoms. The van der Waals surface area contributed by atoms with Crippen molar-refractivity contribution in [1.29, 1.82) is 0 Å². The second-order valence-electron chi connectivity index (χ2n) is 6.69. The summed E-state index contributed by atoms with van der Waals surface area (Å²) in [6.45, 7) is 1.51. The Hall–Kier alpha value is -3.15. The van der Waals surface area contributed by atoms with Crippen LogP contribution in [0.2, 0.25) is 0 Å². The number of likely N-dealkylation sites (tertiary alicyclic amines) is 1. The molecule has 0 saturated carbocycles. The van der Waals surface area contributed by atoms with E-state index in [0.29, 0.717) is 23.1 Å². The molecule has 1 fully saturated rings. The lowest BCUT2D eigenvalue weighted by atomic mass is 10.00. The summed E-state index contributed by atoms with van der Waals surface area (Å²) in [6, 6.07) is 13.6. The molecule has 0 radical (unpaired) electrons. The monoisotopic (exact) mass is 347 g/mol. The van der Waals surface area contributed by atoms with E-state index in [4.69, 9.17) is 5.73 Å². The third-order valence-corrected chi connectivity index (χ3v) is 4.85. The number of aromatic amines is 1. The van der Waals surface area contributed by atoms with Gasteiger partial charge in [0.15, 0.2) is 0 Å². The quantitative estimate of drug-likeness (QED) is 0.759. The average Bonchev–Trinajstić information content (AvgIpc) is 3.33. The van der Waals surface area contributed by atoms with Crippen LogP contribution >= 0.6 is 0 Å². The normalized spacial score (nSPS) is 16.8. The highest BCUT2D eigenvalue weighted by atomic mass is 16.2. The van der Waals surface area contributed by atoms with Gasteiger partial charge in [-0.1, -0.05) is 36.4 Å². The Morgan fingerprint density at radius 3 is 2.81 bits per heavy atom. The summed E-state index contributed by atoms with van der Waals surface area (Å²) in [4.78, 5) is 26.4. The summed E-state index contributed by atoms with van der Waals surface area (Å²) >= 11 is 0. The first-order valence-corrected chi connectivity index (χ1v) is 8.79. The van der Waals surface area contributed by atoms with Crippen molar-refractivity contribution >= 4 is 11.7 Å². The number of pyridine rings is 1. The van der Waals surface area contributed by atoms with Gasteiger partial charge in [0.1, 0.15) is 17.2 Å². The third-order valence-electron chi connectivity index (χ3n) is 4.85. The van der Waals surface area contributed by atoms with Crippen LogP contribution in [-0.2, 0) is 6.42 Å². The van der Waals surface area contributed by atoms with Crippen LogP contribution in [-0.4, -0.2) is 38.8 Å². The first kappa shape index (κ1) is 16.3. The van der Waals surface area contributed by atoms with E-state index in [1.165, 1.54) is 0 Å². The lowest BCUT2D eigenvalue weighted by Crippen LogP contribution is -2.29. The number of benzene rings is 1. The number of carbonyl (C=O) groups excluding carboxylic acids is 1. The number of hydrogen-bond acceptors (Lipinski definition) is 4. The van der Waals surface area contributed by atoms with E-state index < -0.39 is 0 Å². The van der Waals surface area contributed by atoms with E-state index >= 15 is 0 Å². The molecule has 1 aliphatic heterocycles. The molecule has 2 aromatic heterocycles. The van der Waals surface area contributed by atoms with Crippen LogP contribution in [0, 0.1) is 5.92 Å². The number of nitrogens with two attached hydrogens (primary N) is 1. The Kier molecular flexibility index (Phi) is 4.39. The molecule has 3 N–H and O–H groups in total. The van der Waals surface area contributed by atoms with Crippen LogP contribution in [0.3, 0.4) is 0 Å². The molecule has 0 aliphatic carbocycles. The van der Waals surface area contributed by atoms with Crippen molar-refractivity contribution < 1.29 is 4.79 Å². The zero-order chi connectivity index (χ0) is 17.9. The fraction of sp³-hybridized carbons (Fsp3) is 0.250. The summed E-state index contributed by atoms with van der Waals surface area (Å²) in [7, 11) is 0. The fourth-order valence-electron chi connectivity index (χ4n) is 3.50. The van der Waals surface area contributed by atoms with Crippen molar-refractivity contribution in [2.75, 3.05) is 18.8 Å². The number of H-pyrrole nitrogens is 1. The second-order valence-corrected chi connectivity index (χ2v) is 6.69. The van der Waals surface area contributed by atoms with E-state index in [-0.39, 0.29) is 5.91 Å². The van der Waals surface area contributed by atoms with Gasteiger partial charge < -0.3 is 15.6 Å². The maximum absolute atomic E-state index is 13.0. The molecule has 4 rings (SSSR count). The standard InChI is InChI=1S/C20H21N5O/c21-17-7-6-14(11-22-17)10-15-8-9-25(12-15)20(26)19-18(23-13-24-19)16-4-2-1-3-5-16/h1-7,11,13,15H,8-10,12H2,(H2,21,22)(H,23,24). The molecule has 3 heterocycles. The smallest absolute Gasteiger partial charge is 0.272 e. The van der Waals surface area contributed by atoms with Gasteiger partial charge in [0.05, 0.1) is 6.33 Å². The number of amides is 1. The number of imidazole rings is 1. The van der Waals surface area contributed by atoms with E-state index in [1.54, 1.807) is 6.33 Å². The van der Waals surface area contributed by atoms with Crippen molar-refractivity contribution in [3.63, 3.8) is 0 Å². The Balaban J connectivity index is 1.45. The molecule has 6 heteroatoms. The molecule has 6 nitrogen and oxygen atoms in total. The maximum Gasteiger partial charge on any atom is 0.272 e. The molecule has 1 aromatic carbocycles. The highest BCUT2D eigenvalue weighted by Gasteiger charge is 2.29. The first-order chi connectivity index (χ1) is 12.7. The van der Waals surface area contributed by atoms with Crippen molar-refractivity contribution in [3.8, 4) is 11.3 Å². The van der Waals surface area contributed by atoms with Crippen molar-refractivity contribution in [2.24, 2.45) is 5.92 Å². The number of hydrogen-bond donors (Lipinski definition) is 2. The van der Waals surface area contributed by atoms with Gasteiger partial charge in [-0.25, -0.2) is 9.97 Å². The maximum atomic E-state index is 13.0. The number of nitrogen functional groups attached to an aromatic ring is 1. The molecule has 0 spiro atoms. The number of nitrogens with zero attached hydrogens (tertiary/aromatic N) is 3. The summed E-state index contributed by atoms with van der Waals surface area (Å²) in [5.41, 5.74) is 9.01. The van der Waals surface area contributed by atoms with Gasteiger partial charge in [0, 0.05) is 24.8 Å². The molecule has 1 amide bonds. The summed E-state index contributed by atoms with van der Waals surface area (Å²) in [5.74, 6) is 0.983. The van der Waals surface area contributed by atoms with E-state index in [9.17, 15) is 4.79 Å². The van der Waals surface area contributed by atoms with Crippen LogP contribution < -0.4 is 5.73 Å². The average molecular weight is 347 g/mol. The number of nitrogens with one attached hydrogen (secondary N) is 1. The van der Waals surface area contributed by atoms with E-state index in [1.807, 2.05) is 53.6 Å². The largest absolute Gasteiger partial charge is 0.384 e. The van der Waals surface area contributed by atoms with Gasteiger partial charge >= 0.3 is 0 Å². The van der Waals surface area contributed by atoms with Crippen molar-refractivity contribution in [1.82, 2.24) is 19.9 Å². The molecule has 1 saturated heterocycles. The Labute approximate surface area is 152 Å². The highest BCUT2D eigenvalue weighted by molar-refractivity contribution is 5.98. The predicted octanol–water partition coefficient (Wildman–Crippen LogP) is 2.76. The van der Waals surface area contributed by atoms with Gasteiger partial charge in [0.2, 0.25) is 0 Å². The van der Waals surface area contributed by atoms with Crippen LogP contribution in [0.1, 0.15) is 22.5 Å². The number of rotatable bonds is 4. The van der Waals surface area contributed by atoms with Gasteiger partial charge in [-0.3, -0.25) is 4.79 Å². The topological polar surface area (TPSA) is 87.9 Å². The lowest BCUT2D eigenvalue weighted by Gasteiger charge is -2.16. The Morgan fingerprint density at radius 2 is 2.04 bits per heavy atom. The van der Waals surface area contributed by atoms with Crippen LogP contribution in [0.15, 0.2) is 55.0 Å². The Bertz CT molecular complexity index is 888. The van der Waals surface area contributed by atoms with Crippen LogP contribution in [0.4, 0.5) is 5.82 Å². The van der Waals surface area contributed by atoms with Gasteiger partial charge in [-0.05, 0) is 30.4 Å². The summed E-state index contributed by atoms with van der Waals surface area (Å²) < 4.78 is 0. The Morgan fingerprint density at radius 1 is 1.19 bits per heavy atom. The minimum Gasteiger partial charge on any atom is -0.384 e. The molecular formula is C20H21N5O. The number of anilines is 1.